The van der Waals surface area contributed by atoms with Crippen molar-refractivity contribution in [2.75, 3.05) is 19.5 Å². The molecule has 2 aromatic carbocycles. The third kappa shape index (κ3) is 3.59. The number of carboxylic acid groups (broad SMARTS) is 1. The molecule has 0 spiro atoms. The first-order valence-electron chi connectivity index (χ1n) is 9.30. The van der Waals surface area contributed by atoms with Crippen molar-refractivity contribution in [2.45, 2.75) is 12.8 Å². The number of carboxylic acids is 1. The summed E-state index contributed by atoms with van der Waals surface area (Å²) in [7, 11) is 3.14. The number of aromatic nitrogens is 1. The number of methoxy groups -OCH3 is 2. The van der Waals surface area contributed by atoms with Gasteiger partial charge in [0.1, 0.15) is 16.9 Å². The van der Waals surface area contributed by atoms with Crippen LogP contribution in [0.5, 0.6) is 23.0 Å². The molecule has 0 unspecified atom stereocenters. The summed E-state index contributed by atoms with van der Waals surface area (Å²) < 4.78 is 16.5. The third-order valence-electron chi connectivity index (χ3n) is 5.10. The van der Waals surface area contributed by atoms with Crippen LogP contribution >= 0.6 is 0 Å². The Hall–Kier alpha value is -3.81. The smallest absolute Gasteiger partial charge is 0.319 e. The number of ether oxygens (including phenoxy) is 3. The van der Waals surface area contributed by atoms with Crippen LogP contribution in [0, 0.1) is 5.41 Å². The predicted octanol–water partition coefficient (Wildman–Crippen LogP) is 3.85. The number of hydrogen-bond acceptors (Lipinski definition) is 6. The summed E-state index contributed by atoms with van der Waals surface area (Å²) in [6.45, 7) is 0. The molecule has 8 heteroatoms. The number of nitrogens with one attached hydrogen (secondary N) is 1. The van der Waals surface area contributed by atoms with E-state index in [0.717, 1.165) is 10.9 Å². The van der Waals surface area contributed by atoms with Crippen molar-refractivity contribution in [1.82, 2.24) is 4.98 Å². The van der Waals surface area contributed by atoms with Gasteiger partial charge in [0.25, 0.3) is 0 Å². The zero-order valence-electron chi connectivity index (χ0n) is 16.5. The molecule has 1 aromatic heterocycles. The molecule has 30 heavy (non-hydrogen) atoms. The van der Waals surface area contributed by atoms with Gasteiger partial charge < -0.3 is 24.6 Å². The van der Waals surface area contributed by atoms with E-state index >= 15 is 0 Å². The molecule has 0 atom stereocenters. The highest BCUT2D eigenvalue weighted by atomic mass is 16.5. The van der Waals surface area contributed by atoms with Crippen molar-refractivity contribution >= 4 is 28.5 Å². The fourth-order valence-corrected chi connectivity index (χ4v) is 3.15. The molecule has 1 fully saturated rings. The van der Waals surface area contributed by atoms with Gasteiger partial charge in [-0.3, -0.25) is 14.6 Å². The fourth-order valence-electron chi connectivity index (χ4n) is 3.15. The minimum absolute atomic E-state index is 0.362. The molecular formula is C22H20N2O6. The maximum atomic E-state index is 12.2. The lowest BCUT2D eigenvalue weighted by atomic mass is 10.1. The van der Waals surface area contributed by atoms with Gasteiger partial charge in [0.2, 0.25) is 5.91 Å². The zero-order valence-corrected chi connectivity index (χ0v) is 16.5. The van der Waals surface area contributed by atoms with Crippen LogP contribution in [-0.2, 0) is 9.59 Å². The number of carbonyl (C=O) groups excluding carboxylic acids is 1. The van der Waals surface area contributed by atoms with Gasteiger partial charge in [-0.25, -0.2) is 0 Å². The predicted molar refractivity (Wildman–Crippen MR) is 109 cm³/mol. The van der Waals surface area contributed by atoms with Gasteiger partial charge in [-0.2, -0.15) is 0 Å². The van der Waals surface area contributed by atoms with Gasteiger partial charge in [-0.1, -0.05) is 0 Å². The van der Waals surface area contributed by atoms with Gasteiger partial charge in [-0.05, 0) is 49.2 Å². The van der Waals surface area contributed by atoms with E-state index in [0.29, 0.717) is 41.5 Å². The number of pyridine rings is 1. The van der Waals surface area contributed by atoms with E-state index < -0.39 is 17.3 Å². The van der Waals surface area contributed by atoms with Crippen LogP contribution < -0.4 is 19.5 Å². The van der Waals surface area contributed by atoms with Crippen LogP contribution in [0.1, 0.15) is 12.8 Å². The summed E-state index contributed by atoms with van der Waals surface area (Å²) in [5, 5.41) is 12.7. The van der Waals surface area contributed by atoms with Crippen molar-refractivity contribution in [3.8, 4) is 23.0 Å². The number of benzene rings is 2. The van der Waals surface area contributed by atoms with Crippen LogP contribution in [0.15, 0.2) is 48.7 Å². The monoisotopic (exact) mass is 408 g/mol. The average molecular weight is 408 g/mol. The molecule has 154 valence electrons. The number of rotatable bonds is 7. The number of amides is 1. The number of hydrogen-bond donors (Lipinski definition) is 2. The van der Waals surface area contributed by atoms with Crippen LogP contribution in [-0.4, -0.2) is 36.2 Å². The second-order valence-electron chi connectivity index (χ2n) is 7.04. The van der Waals surface area contributed by atoms with E-state index in [4.69, 9.17) is 14.2 Å². The molecule has 0 aliphatic heterocycles. The quantitative estimate of drug-likeness (QED) is 0.572. The molecule has 0 saturated heterocycles. The van der Waals surface area contributed by atoms with Crippen molar-refractivity contribution in [2.24, 2.45) is 5.41 Å². The van der Waals surface area contributed by atoms with E-state index in [2.05, 4.69) is 10.3 Å². The van der Waals surface area contributed by atoms with Gasteiger partial charge in [0.15, 0.2) is 11.5 Å². The maximum Gasteiger partial charge on any atom is 0.319 e. The lowest BCUT2D eigenvalue weighted by molar-refractivity contribution is -0.147. The molecule has 8 nitrogen and oxygen atoms in total. The molecule has 1 aliphatic carbocycles. The molecule has 0 bridgehead atoms. The summed E-state index contributed by atoms with van der Waals surface area (Å²) in [5.41, 5.74) is -0.0331. The SMILES string of the molecule is COc1cc2cc(Oc3ccc(NC(=O)C4(C(=O)O)CC4)cc3)cnc2cc1OC. The molecule has 3 aromatic rings. The minimum atomic E-state index is -1.28. The number of aliphatic carboxylic acids is 1. The van der Waals surface area contributed by atoms with Crippen molar-refractivity contribution < 1.29 is 28.9 Å². The average Bonchev–Trinajstić information content (AvgIpc) is 3.56. The number of carbonyl (C=O) groups is 2. The first-order chi connectivity index (χ1) is 14.4. The molecule has 2 N–H and O–H groups in total. The Morgan fingerprint density at radius 2 is 1.67 bits per heavy atom. The Morgan fingerprint density at radius 3 is 2.27 bits per heavy atom. The standard InChI is InChI=1S/C22H20N2O6/c1-28-18-10-13-9-16(12-23-17(13)11-19(18)29-2)30-15-5-3-14(4-6-15)24-20(25)22(7-8-22)21(26)27/h3-6,9-12H,7-8H2,1-2H3,(H,24,25)(H,26,27). The first kappa shape index (κ1) is 19.5. The van der Waals surface area contributed by atoms with Crippen LogP contribution in [0.4, 0.5) is 5.69 Å². The maximum absolute atomic E-state index is 12.2. The molecule has 1 heterocycles. The van der Waals surface area contributed by atoms with Gasteiger partial charge >= 0.3 is 5.97 Å². The number of anilines is 1. The molecule has 0 radical (unpaired) electrons. The molecule has 1 amide bonds. The number of nitrogens with zero attached hydrogens (tertiary/aromatic N) is 1. The largest absolute Gasteiger partial charge is 0.493 e. The topological polar surface area (TPSA) is 107 Å². The highest BCUT2D eigenvalue weighted by molar-refractivity contribution is 6.10. The molecule has 4 rings (SSSR count). The van der Waals surface area contributed by atoms with Crippen LogP contribution in [0.2, 0.25) is 0 Å². The summed E-state index contributed by atoms with van der Waals surface area (Å²) in [6.07, 6.45) is 2.33. The lowest BCUT2D eigenvalue weighted by Gasteiger charge is -2.12. The Labute approximate surface area is 172 Å². The Balaban J connectivity index is 1.48. The lowest BCUT2D eigenvalue weighted by Crippen LogP contribution is -2.31. The highest BCUT2D eigenvalue weighted by Crippen LogP contribution is 2.46. The second kappa shape index (κ2) is 7.55. The highest BCUT2D eigenvalue weighted by Gasteiger charge is 2.57. The number of fused-ring (bicyclic) bond motifs is 1. The Morgan fingerprint density at radius 1 is 1.00 bits per heavy atom. The van der Waals surface area contributed by atoms with Crippen molar-refractivity contribution in [3.63, 3.8) is 0 Å². The Bertz CT molecular complexity index is 1120. The van der Waals surface area contributed by atoms with E-state index in [1.54, 1.807) is 50.7 Å². The van der Waals surface area contributed by atoms with Crippen LogP contribution in [0.25, 0.3) is 10.9 Å². The molecule has 1 aliphatic rings. The summed E-state index contributed by atoms with van der Waals surface area (Å²) in [6, 6.07) is 12.1. The van der Waals surface area contributed by atoms with Crippen molar-refractivity contribution in [3.05, 3.63) is 48.7 Å². The summed E-state index contributed by atoms with van der Waals surface area (Å²) in [5.74, 6) is 0.701. The van der Waals surface area contributed by atoms with E-state index in [9.17, 15) is 14.7 Å². The van der Waals surface area contributed by atoms with E-state index in [1.807, 2.05) is 12.1 Å². The molecule has 1 saturated carbocycles. The third-order valence-corrected chi connectivity index (χ3v) is 5.10. The second-order valence-corrected chi connectivity index (χ2v) is 7.04. The Kier molecular flexibility index (Phi) is 4.91. The summed E-state index contributed by atoms with van der Waals surface area (Å²) >= 11 is 0. The minimum Gasteiger partial charge on any atom is -0.493 e. The zero-order chi connectivity index (χ0) is 21.3. The fraction of sp³-hybridized carbons (Fsp3) is 0.227. The van der Waals surface area contributed by atoms with E-state index in [1.165, 1.54) is 0 Å². The molecular weight excluding hydrogens is 388 g/mol. The van der Waals surface area contributed by atoms with Gasteiger partial charge in [-0.15, -0.1) is 0 Å². The van der Waals surface area contributed by atoms with Crippen LogP contribution in [0.3, 0.4) is 0 Å². The van der Waals surface area contributed by atoms with Gasteiger partial charge in [0.05, 0.1) is 25.9 Å². The normalized spacial score (nSPS) is 14.1. The first-order valence-corrected chi connectivity index (χ1v) is 9.30. The van der Waals surface area contributed by atoms with E-state index in [-0.39, 0.29) is 0 Å². The summed E-state index contributed by atoms with van der Waals surface area (Å²) in [4.78, 5) is 27.8. The van der Waals surface area contributed by atoms with Gasteiger partial charge in [0, 0.05) is 17.1 Å². The van der Waals surface area contributed by atoms with Crippen molar-refractivity contribution in [1.29, 1.82) is 0 Å².